The van der Waals surface area contributed by atoms with Gasteiger partial charge in [-0.3, -0.25) is 4.79 Å². The molecule has 0 unspecified atom stereocenters. The first-order valence-electron chi connectivity index (χ1n) is 12.7. The standard InChI is InChI=1S/C26H37N7O4/c1-26(2,3)37-25(35)32-11-9-19(10-12-32)18-5-7-20(8-6-18)29-24-22(23(27)34)28-17-21(30-24)31-13-15-33(4,36)16-14-31/h5-8,17,19,36H,9-16H2,1-4H3,(H2-,27,29,30,34)/p+1. The average Bonchev–Trinajstić information content (AvgIpc) is 2.83. The zero-order chi connectivity index (χ0) is 26.8. The van der Waals surface area contributed by atoms with Gasteiger partial charge in [0.2, 0.25) is 0 Å². The highest BCUT2D eigenvalue weighted by Crippen LogP contribution is 2.30. The van der Waals surface area contributed by atoms with Crippen LogP contribution in [0, 0.1) is 0 Å². The van der Waals surface area contributed by atoms with Crippen LogP contribution in [0.25, 0.3) is 0 Å². The molecule has 0 atom stereocenters. The number of anilines is 3. The number of nitrogens with two attached hydrogens (primary N) is 1. The maximum Gasteiger partial charge on any atom is 0.410 e. The number of hydrogen-bond donors (Lipinski definition) is 3. The van der Waals surface area contributed by atoms with Gasteiger partial charge in [0.1, 0.15) is 24.5 Å². The molecule has 1 aromatic heterocycles. The van der Waals surface area contributed by atoms with Gasteiger partial charge in [-0.15, -0.1) is 0 Å². The van der Waals surface area contributed by atoms with Gasteiger partial charge in [-0.05, 0) is 57.2 Å². The topological polar surface area (TPSA) is 134 Å². The van der Waals surface area contributed by atoms with Crippen molar-refractivity contribution < 1.29 is 24.2 Å². The fourth-order valence-corrected chi connectivity index (χ4v) is 4.62. The summed E-state index contributed by atoms with van der Waals surface area (Å²) in [5, 5.41) is 13.4. The third-order valence-corrected chi connectivity index (χ3v) is 6.81. The minimum atomic E-state index is -0.659. The number of ether oxygens (including phenoxy) is 1. The molecule has 2 saturated heterocycles. The van der Waals surface area contributed by atoms with Crippen molar-refractivity contribution in [1.29, 1.82) is 0 Å². The summed E-state index contributed by atoms with van der Waals surface area (Å²) in [7, 11) is 1.78. The van der Waals surface area contributed by atoms with E-state index in [-0.39, 0.29) is 16.4 Å². The van der Waals surface area contributed by atoms with Crippen LogP contribution in [0.3, 0.4) is 0 Å². The number of carbonyl (C=O) groups excluding carboxylic acids is 2. The molecule has 4 N–H and O–H groups in total. The molecule has 0 radical (unpaired) electrons. The molecule has 11 nitrogen and oxygen atoms in total. The second kappa shape index (κ2) is 10.5. The smallest absolute Gasteiger partial charge is 0.410 e. The number of amides is 2. The van der Waals surface area contributed by atoms with Crippen LogP contribution in [0.4, 0.5) is 22.1 Å². The van der Waals surface area contributed by atoms with E-state index in [1.807, 2.05) is 37.8 Å². The number of hydrogen-bond acceptors (Lipinski definition) is 8. The van der Waals surface area contributed by atoms with Crippen LogP contribution >= 0.6 is 0 Å². The summed E-state index contributed by atoms with van der Waals surface area (Å²) < 4.78 is 5.47. The van der Waals surface area contributed by atoms with Crippen molar-refractivity contribution in [3.05, 3.63) is 41.7 Å². The fraction of sp³-hybridized carbons (Fsp3) is 0.538. The molecule has 3 heterocycles. The van der Waals surface area contributed by atoms with Gasteiger partial charge in [0.05, 0.1) is 26.3 Å². The van der Waals surface area contributed by atoms with Crippen molar-refractivity contribution in [3.63, 3.8) is 0 Å². The Morgan fingerprint density at radius 1 is 1.11 bits per heavy atom. The molecule has 37 heavy (non-hydrogen) atoms. The van der Waals surface area contributed by atoms with Gasteiger partial charge in [0.15, 0.2) is 11.5 Å². The minimum Gasteiger partial charge on any atom is -0.444 e. The predicted molar refractivity (Wildman–Crippen MR) is 140 cm³/mol. The van der Waals surface area contributed by atoms with Gasteiger partial charge in [0.25, 0.3) is 5.91 Å². The second-order valence-electron chi connectivity index (χ2n) is 11.1. The second-order valence-corrected chi connectivity index (χ2v) is 11.1. The molecule has 0 bridgehead atoms. The highest BCUT2D eigenvalue weighted by molar-refractivity contribution is 5.96. The number of primary amides is 1. The number of nitrogens with one attached hydrogen (secondary N) is 1. The Balaban J connectivity index is 1.41. The molecule has 11 heteroatoms. The number of benzene rings is 1. The van der Waals surface area contributed by atoms with Crippen molar-refractivity contribution in [2.45, 2.75) is 45.1 Å². The Hall–Kier alpha value is -3.44. The lowest BCUT2D eigenvalue weighted by Crippen LogP contribution is -2.55. The fourth-order valence-electron chi connectivity index (χ4n) is 4.62. The van der Waals surface area contributed by atoms with Crippen molar-refractivity contribution in [3.8, 4) is 0 Å². The molecule has 1 aromatic carbocycles. The molecule has 0 spiro atoms. The predicted octanol–water partition coefficient (Wildman–Crippen LogP) is 3.09. The van der Waals surface area contributed by atoms with Gasteiger partial charge >= 0.3 is 6.09 Å². The zero-order valence-corrected chi connectivity index (χ0v) is 22.1. The first-order chi connectivity index (χ1) is 17.4. The van der Waals surface area contributed by atoms with Crippen molar-refractivity contribution in [2.24, 2.45) is 5.73 Å². The van der Waals surface area contributed by atoms with Crippen LogP contribution in [0.2, 0.25) is 0 Å². The van der Waals surface area contributed by atoms with E-state index in [1.165, 1.54) is 5.56 Å². The van der Waals surface area contributed by atoms with Gasteiger partial charge in [-0.1, -0.05) is 12.1 Å². The number of nitrogens with zero attached hydrogens (tertiary/aromatic N) is 5. The van der Waals surface area contributed by atoms with E-state index < -0.39 is 11.5 Å². The third-order valence-electron chi connectivity index (χ3n) is 6.81. The molecule has 4 rings (SSSR count). The van der Waals surface area contributed by atoms with Gasteiger partial charge in [0, 0.05) is 18.8 Å². The molecule has 0 saturated carbocycles. The number of piperazine rings is 1. The maximum absolute atomic E-state index is 12.3. The zero-order valence-electron chi connectivity index (χ0n) is 22.1. The summed E-state index contributed by atoms with van der Waals surface area (Å²) in [5.41, 5.74) is 7.09. The van der Waals surface area contributed by atoms with Crippen LogP contribution in [-0.2, 0) is 4.74 Å². The molecule has 2 aliphatic heterocycles. The number of piperidine rings is 1. The molecular weight excluding hydrogens is 474 g/mol. The van der Waals surface area contributed by atoms with Crippen molar-refractivity contribution >= 4 is 29.3 Å². The van der Waals surface area contributed by atoms with E-state index in [0.717, 1.165) is 18.5 Å². The number of carbonyl (C=O) groups is 2. The van der Waals surface area contributed by atoms with E-state index in [2.05, 4.69) is 27.4 Å². The van der Waals surface area contributed by atoms with E-state index in [1.54, 1.807) is 18.1 Å². The Morgan fingerprint density at radius 3 is 2.30 bits per heavy atom. The number of likely N-dealkylation sites (tertiary alicyclic amines) is 1. The Morgan fingerprint density at radius 2 is 1.73 bits per heavy atom. The van der Waals surface area contributed by atoms with E-state index in [0.29, 0.717) is 56.8 Å². The first-order valence-corrected chi connectivity index (χ1v) is 12.7. The Labute approximate surface area is 217 Å². The summed E-state index contributed by atoms with van der Waals surface area (Å²) in [5.74, 6) is 0.621. The van der Waals surface area contributed by atoms with Crippen LogP contribution in [0.5, 0.6) is 0 Å². The summed E-state index contributed by atoms with van der Waals surface area (Å²) in [6, 6.07) is 8.01. The summed E-state index contributed by atoms with van der Waals surface area (Å²) >= 11 is 0. The summed E-state index contributed by atoms with van der Waals surface area (Å²) in [4.78, 5) is 37.0. The lowest BCUT2D eigenvalue weighted by molar-refractivity contribution is -1.09. The monoisotopic (exact) mass is 512 g/mol. The van der Waals surface area contributed by atoms with Gasteiger partial charge in [-0.2, -0.15) is 4.65 Å². The molecule has 2 amide bonds. The lowest BCUT2D eigenvalue weighted by atomic mass is 9.89. The average molecular weight is 513 g/mol. The third kappa shape index (κ3) is 6.86. The number of rotatable bonds is 5. The Kier molecular flexibility index (Phi) is 7.56. The highest BCUT2D eigenvalue weighted by Gasteiger charge is 2.29. The molecular formula is C26H38N7O4+. The van der Waals surface area contributed by atoms with Crippen molar-refractivity contribution in [1.82, 2.24) is 14.9 Å². The van der Waals surface area contributed by atoms with Crippen LogP contribution in [-0.4, -0.2) is 88.6 Å². The van der Waals surface area contributed by atoms with Gasteiger partial charge in [-0.25, -0.2) is 20.0 Å². The SMILES string of the molecule is CC(C)(C)OC(=O)N1CCC(c2ccc(Nc3nc(N4CC[N+](C)(O)CC4)cnc3C(N)=O)cc2)CC1. The molecule has 0 aliphatic carbocycles. The van der Waals surface area contributed by atoms with E-state index in [9.17, 15) is 14.8 Å². The molecule has 2 aliphatic rings. The van der Waals surface area contributed by atoms with Crippen molar-refractivity contribution in [2.75, 3.05) is 56.5 Å². The Bertz CT molecular complexity index is 1110. The number of likely N-dealkylation sites (N-methyl/N-ethyl adjacent to an activating group) is 1. The number of hydroxylamine groups is 3. The number of aromatic nitrogens is 2. The van der Waals surface area contributed by atoms with Crippen LogP contribution in [0.1, 0.15) is 55.6 Å². The van der Waals surface area contributed by atoms with E-state index in [4.69, 9.17) is 10.5 Å². The summed E-state index contributed by atoms with van der Waals surface area (Å²) in [6.45, 7) is 9.33. The normalized spacial score (nSPS) is 18.4. The molecule has 200 valence electrons. The lowest BCUT2D eigenvalue weighted by Gasteiger charge is -2.36. The van der Waals surface area contributed by atoms with Crippen LogP contribution < -0.4 is 16.0 Å². The maximum atomic E-state index is 12.3. The number of quaternary nitrogens is 1. The first kappa shape index (κ1) is 26.6. The molecule has 2 fully saturated rings. The quantitative estimate of drug-likeness (QED) is 0.521. The minimum absolute atomic E-state index is 0.0270. The van der Waals surface area contributed by atoms with Gasteiger partial charge < -0.3 is 25.6 Å². The molecule has 2 aromatic rings. The summed E-state index contributed by atoms with van der Waals surface area (Å²) in [6.07, 6.45) is 3.03. The van der Waals surface area contributed by atoms with E-state index >= 15 is 0 Å². The highest BCUT2D eigenvalue weighted by atomic mass is 16.6. The largest absolute Gasteiger partial charge is 0.444 e. The van der Waals surface area contributed by atoms with Crippen LogP contribution in [0.15, 0.2) is 30.5 Å².